The molecule has 2 saturated heterocycles. The van der Waals surface area contributed by atoms with Gasteiger partial charge in [0.25, 0.3) is 5.91 Å². The zero-order valence-corrected chi connectivity index (χ0v) is 23.0. The molecule has 40 heavy (non-hydrogen) atoms. The molecule has 0 atom stereocenters. The number of carboxylic acid groups (broad SMARTS) is 1. The van der Waals surface area contributed by atoms with Crippen molar-refractivity contribution < 1.29 is 23.8 Å². The summed E-state index contributed by atoms with van der Waals surface area (Å²) in [6.07, 6.45) is 5.16. The number of anilines is 1. The third kappa shape index (κ3) is 6.71. The van der Waals surface area contributed by atoms with E-state index in [-0.39, 0.29) is 24.8 Å². The molecule has 0 aromatic heterocycles. The van der Waals surface area contributed by atoms with Gasteiger partial charge in [0.2, 0.25) is 0 Å². The maximum Gasteiger partial charge on any atom is 0.307 e. The summed E-state index contributed by atoms with van der Waals surface area (Å²) in [6.45, 7) is 2.05. The van der Waals surface area contributed by atoms with Crippen LogP contribution in [-0.4, -0.2) is 47.2 Å². The lowest BCUT2D eigenvalue weighted by Crippen LogP contribution is -2.30. The van der Waals surface area contributed by atoms with Gasteiger partial charge in [-0.3, -0.25) is 14.5 Å². The molecule has 0 spiro atoms. The zero-order valence-electron chi connectivity index (χ0n) is 22.2. The normalized spacial score (nSPS) is 17.6. The predicted octanol–water partition coefficient (Wildman–Crippen LogP) is 6.26. The van der Waals surface area contributed by atoms with E-state index in [0.29, 0.717) is 32.8 Å². The third-order valence-electron chi connectivity index (χ3n) is 6.81. The number of ether oxygens (including phenoxy) is 1. The summed E-state index contributed by atoms with van der Waals surface area (Å²) < 4.78 is 20.6. The first-order valence-electron chi connectivity index (χ1n) is 13.2. The van der Waals surface area contributed by atoms with Crippen LogP contribution in [0.2, 0.25) is 0 Å². The van der Waals surface area contributed by atoms with Gasteiger partial charge in [-0.25, -0.2) is 9.38 Å². The molecule has 2 fully saturated rings. The topological polar surface area (TPSA) is 82.4 Å². The summed E-state index contributed by atoms with van der Waals surface area (Å²) >= 11 is 1.28. The number of carbonyl (C=O) groups excluding carboxylic acids is 1. The second-order valence-corrected chi connectivity index (χ2v) is 10.8. The Morgan fingerprint density at radius 2 is 1.73 bits per heavy atom. The second kappa shape index (κ2) is 12.4. The van der Waals surface area contributed by atoms with E-state index in [4.69, 9.17) is 9.84 Å². The fraction of sp³-hybridized carbons (Fsp3) is 0.258. The summed E-state index contributed by atoms with van der Waals surface area (Å²) in [7, 11) is 1.67. The van der Waals surface area contributed by atoms with Crippen molar-refractivity contribution in [2.24, 2.45) is 4.99 Å². The first-order chi connectivity index (χ1) is 19.4. The smallest absolute Gasteiger partial charge is 0.307 e. The minimum Gasteiger partial charge on any atom is -0.489 e. The van der Waals surface area contributed by atoms with Gasteiger partial charge in [0.15, 0.2) is 5.17 Å². The number of rotatable bonds is 8. The number of aliphatic imine (C=N–C) groups is 1. The van der Waals surface area contributed by atoms with Crippen LogP contribution in [-0.2, 0) is 22.6 Å². The van der Waals surface area contributed by atoms with Crippen molar-refractivity contribution in [3.8, 4) is 5.75 Å². The van der Waals surface area contributed by atoms with Crippen molar-refractivity contribution in [3.63, 3.8) is 0 Å². The summed E-state index contributed by atoms with van der Waals surface area (Å²) in [6, 6.07) is 19.6. The number of benzene rings is 3. The number of hydrogen-bond donors (Lipinski definition) is 1. The van der Waals surface area contributed by atoms with Crippen LogP contribution in [0.5, 0.6) is 5.75 Å². The first kappa shape index (κ1) is 27.5. The fourth-order valence-electron chi connectivity index (χ4n) is 4.63. The van der Waals surface area contributed by atoms with Crippen molar-refractivity contribution >= 4 is 46.3 Å². The number of amides is 1. The molecule has 3 aromatic carbocycles. The monoisotopic (exact) mass is 559 g/mol. The number of halogens is 1. The molecule has 0 saturated carbocycles. The molecule has 0 aliphatic carbocycles. The Hall–Kier alpha value is -4.11. The molecule has 206 valence electrons. The number of aliphatic carboxylic acids is 1. The second-order valence-electron chi connectivity index (χ2n) is 9.80. The Labute approximate surface area is 237 Å². The highest BCUT2D eigenvalue weighted by Gasteiger charge is 2.30. The quantitative estimate of drug-likeness (QED) is 0.328. The van der Waals surface area contributed by atoms with Gasteiger partial charge in [-0.1, -0.05) is 30.3 Å². The van der Waals surface area contributed by atoms with Gasteiger partial charge in [-0.15, -0.1) is 0 Å². The van der Waals surface area contributed by atoms with Gasteiger partial charge >= 0.3 is 5.97 Å². The van der Waals surface area contributed by atoms with E-state index in [2.05, 4.69) is 9.89 Å². The molecule has 0 unspecified atom stereocenters. The first-order valence-corrected chi connectivity index (χ1v) is 14.0. The van der Waals surface area contributed by atoms with Crippen LogP contribution in [0.1, 0.15) is 36.0 Å². The Bertz CT molecular complexity index is 1450. The number of likely N-dealkylation sites (N-methyl/N-ethyl adjacent to an activating group) is 1. The van der Waals surface area contributed by atoms with Crippen molar-refractivity contribution in [1.82, 2.24) is 4.90 Å². The van der Waals surface area contributed by atoms with Gasteiger partial charge in [0.1, 0.15) is 18.2 Å². The number of nitrogens with zero attached hydrogens (tertiary/aromatic N) is 3. The van der Waals surface area contributed by atoms with Crippen LogP contribution in [0.15, 0.2) is 76.6 Å². The average molecular weight is 560 g/mol. The SMILES string of the molecule is CN1C(=O)/C(=C/c2ccc(OCc3ccc(N4CCCCC4)c(F)c3)cc2)S/C1=N/c1ccc(CC(=O)O)cc1. The highest BCUT2D eigenvalue weighted by Crippen LogP contribution is 2.33. The Balaban J connectivity index is 1.19. The van der Waals surface area contributed by atoms with Gasteiger partial charge in [-0.2, -0.15) is 0 Å². The maximum absolute atomic E-state index is 14.7. The fourth-order valence-corrected chi connectivity index (χ4v) is 5.62. The molecule has 0 bridgehead atoms. The van der Waals surface area contributed by atoms with Gasteiger partial charge in [0, 0.05) is 20.1 Å². The zero-order chi connectivity index (χ0) is 28.1. The lowest BCUT2D eigenvalue weighted by molar-refractivity contribution is -0.136. The summed E-state index contributed by atoms with van der Waals surface area (Å²) in [5.74, 6) is -0.606. The third-order valence-corrected chi connectivity index (χ3v) is 7.87. The van der Waals surface area contributed by atoms with Gasteiger partial charge in [-0.05, 0) is 90.2 Å². The Morgan fingerprint density at radius 1 is 1.02 bits per heavy atom. The molecule has 9 heteroatoms. The highest BCUT2D eigenvalue weighted by atomic mass is 32.2. The van der Waals surface area contributed by atoms with E-state index in [1.54, 1.807) is 43.5 Å². The molecular weight excluding hydrogens is 529 g/mol. The van der Waals surface area contributed by atoms with Crippen molar-refractivity contribution in [2.75, 3.05) is 25.0 Å². The van der Waals surface area contributed by atoms with E-state index in [1.165, 1.54) is 23.1 Å². The molecule has 3 aromatic rings. The number of piperidine rings is 1. The number of carbonyl (C=O) groups is 2. The van der Waals surface area contributed by atoms with E-state index in [9.17, 15) is 14.0 Å². The van der Waals surface area contributed by atoms with Crippen molar-refractivity contribution in [1.29, 1.82) is 0 Å². The number of amidine groups is 1. The van der Waals surface area contributed by atoms with Crippen LogP contribution in [0.25, 0.3) is 6.08 Å². The van der Waals surface area contributed by atoms with Crippen LogP contribution in [0.3, 0.4) is 0 Å². The molecule has 1 amide bonds. The van der Waals surface area contributed by atoms with Crippen molar-refractivity contribution in [3.05, 3.63) is 94.1 Å². The van der Waals surface area contributed by atoms with Crippen LogP contribution >= 0.6 is 11.8 Å². The number of hydrogen-bond acceptors (Lipinski definition) is 6. The van der Waals surface area contributed by atoms with Crippen molar-refractivity contribution in [2.45, 2.75) is 32.3 Å². The predicted molar refractivity (Wildman–Crippen MR) is 156 cm³/mol. The van der Waals surface area contributed by atoms with Crippen LogP contribution < -0.4 is 9.64 Å². The van der Waals surface area contributed by atoms with Gasteiger partial charge in [0.05, 0.1) is 22.7 Å². The minimum atomic E-state index is -0.890. The summed E-state index contributed by atoms with van der Waals surface area (Å²) in [5.41, 5.74) is 3.59. The molecular formula is C31H30FN3O4S. The van der Waals surface area contributed by atoms with Gasteiger partial charge < -0.3 is 14.7 Å². The molecule has 2 aliphatic rings. The molecule has 2 heterocycles. The lowest BCUT2D eigenvalue weighted by Gasteiger charge is -2.29. The van der Waals surface area contributed by atoms with Crippen LogP contribution in [0, 0.1) is 5.82 Å². The highest BCUT2D eigenvalue weighted by molar-refractivity contribution is 8.18. The molecule has 5 rings (SSSR count). The molecule has 0 radical (unpaired) electrons. The van der Waals surface area contributed by atoms with E-state index in [1.807, 2.05) is 36.4 Å². The Kier molecular flexibility index (Phi) is 8.50. The number of thioether (sulfide) groups is 1. The average Bonchev–Trinajstić information content (AvgIpc) is 3.21. The van der Waals surface area contributed by atoms with E-state index in [0.717, 1.165) is 37.1 Å². The molecule has 7 nitrogen and oxygen atoms in total. The van der Waals surface area contributed by atoms with Crippen LogP contribution in [0.4, 0.5) is 15.8 Å². The largest absolute Gasteiger partial charge is 0.489 e. The summed E-state index contributed by atoms with van der Waals surface area (Å²) in [5, 5.41) is 9.47. The Morgan fingerprint density at radius 3 is 2.40 bits per heavy atom. The maximum atomic E-state index is 14.7. The summed E-state index contributed by atoms with van der Waals surface area (Å²) in [4.78, 5) is 32.4. The molecule has 1 N–H and O–H groups in total. The van der Waals surface area contributed by atoms with E-state index < -0.39 is 5.97 Å². The number of carboxylic acids is 1. The van der Waals surface area contributed by atoms with E-state index >= 15 is 0 Å². The molecule has 2 aliphatic heterocycles. The lowest BCUT2D eigenvalue weighted by atomic mass is 10.1. The minimum absolute atomic E-state index is 0.0504. The standard InChI is InChI=1S/C31H30FN3O4S/c1-34-30(38)28(40-31(34)33-24-10-5-22(6-11-24)19-29(36)37)18-21-7-12-25(13-8-21)39-20-23-9-14-27(26(32)17-23)35-15-3-2-4-16-35/h5-14,17-18H,2-4,15-16,19-20H2,1H3,(H,36,37)/b28-18-,33-31+.